The highest BCUT2D eigenvalue weighted by atomic mass is 16.2. The number of carbonyl (C=O) groups is 2. The number of benzene rings is 2. The minimum absolute atomic E-state index is 0.0118. The fourth-order valence-electron chi connectivity index (χ4n) is 3.28. The van der Waals surface area contributed by atoms with Crippen molar-refractivity contribution in [1.29, 1.82) is 0 Å². The zero-order valence-electron chi connectivity index (χ0n) is 14.6. The largest absolute Gasteiger partial charge is 0.377 e. The molecule has 0 atom stereocenters. The van der Waals surface area contributed by atoms with Gasteiger partial charge in [0.1, 0.15) is 0 Å². The molecule has 0 bridgehead atoms. The molecule has 0 aromatic heterocycles. The number of ketones is 1. The van der Waals surface area contributed by atoms with E-state index >= 15 is 0 Å². The monoisotopic (exact) mass is 322 g/mol. The Morgan fingerprint density at radius 3 is 2.38 bits per heavy atom. The van der Waals surface area contributed by atoms with Gasteiger partial charge in [0, 0.05) is 43.1 Å². The van der Waals surface area contributed by atoms with Gasteiger partial charge in [-0.1, -0.05) is 0 Å². The molecule has 4 heteroatoms. The topological polar surface area (TPSA) is 40.6 Å². The van der Waals surface area contributed by atoms with Crippen molar-refractivity contribution in [1.82, 2.24) is 0 Å². The number of aryl methyl sites for hydroxylation is 1. The van der Waals surface area contributed by atoms with Crippen LogP contribution in [0, 0.1) is 6.92 Å². The second kappa shape index (κ2) is 6.11. The number of anilines is 2. The molecule has 24 heavy (non-hydrogen) atoms. The summed E-state index contributed by atoms with van der Waals surface area (Å²) in [7, 11) is 3.99. The molecule has 4 nitrogen and oxygen atoms in total. The highest BCUT2D eigenvalue weighted by Crippen LogP contribution is 2.31. The Bertz CT molecular complexity index is 824. The van der Waals surface area contributed by atoms with Crippen molar-refractivity contribution in [3.05, 3.63) is 58.7 Å². The first kappa shape index (κ1) is 16.2. The van der Waals surface area contributed by atoms with Crippen LogP contribution in [0.4, 0.5) is 11.4 Å². The Balaban J connectivity index is 1.91. The molecule has 1 aliphatic rings. The van der Waals surface area contributed by atoms with E-state index in [0.717, 1.165) is 28.9 Å². The Kier molecular flexibility index (Phi) is 4.14. The molecule has 1 amide bonds. The molecule has 2 aromatic rings. The van der Waals surface area contributed by atoms with Crippen molar-refractivity contribution in [2.75, 3.05) is 30.4 Å². The summed E-state index contributed by atoms with van der Waals surface area (Å²) in [6.45, 7) is 4.24. The zero-order valence-corrected chi connectivity index (χ0v) is 14.6. The highest BCUT2D eigenvalue weighted by molar-refractivity contribution is 6.08. The molecule has 0 spiro atoms. The Morgan fingerprint density at radius 1 is 1.04 bits per heavy atom. The van der Waals surface area contributed by atoms with Gasteiger partial charge in [-0.05, 0) is 67.8 Å². The van der Waals surface area contributed by atoms with E-state index in [9.17, 15) is 9.59 Å². The van der Waals surface area contributed by atoms with Gasteiger partial charge in [-0.2, -0.15) is 0 Å². The molecule has 1 aliphatic heterocycles. The third-order valence-corrected chi connectivity index (χ3v) is 4.55. The Morgan fingerprint density at radius 2 is 1.75 bits per heavy atom. The first-order valence-electron chi connectivity index (χ1n) is 8.12. The molecule has 0 saturated carbocycles. The lowest BCUT2D eigenvalue weighted by Gasteiger charge is -2.20. The van der Waals surface area contributed by atoms with Gasteiger partial charge in [0.2, 0.25) is 0 Å². The number of hydrogen-bond donors (Lipinski definition) is 0. The SMILES string of the molecule is CC(=O)c1ccc2c(c1)CCN2C(=O)c1ccc(N(C)C)c(C)c1. The van der Waals surface area contributed by atoms with Crippen LogP contribution in [0.15, 0.2) is 36.4 Å². The van der Waals surface area contributed by atoms with Crippen molar-refractivity contribution in [3.8, 4) is 0 Å². The summed E-state index contributed by atoms with van der Waals surface area (Å²) in [5, 5.41) is 0. The molecule has 1 heterocycles. The van der Waals surface area contributed by atoms with Crippen LogP contribution in [-0.2, 0) is 6.42 Å². The second-order valence-corrected chi connectivity index (χ2v) is 6.50. The molecule has 124 valence electrons. The Hall–Kier alpha value is -2.62. The number of fused-ring (bicyclic) bond motifs is 1. The summed E-state index contributed by atoms with van der Waals surface area (Å²) < 4.78 is 0. The molecule has 0 aliphatic carbocycles. The number of amides is 1. The summed E-state index contributed by atoms with van der Waals surface area (Å²) in [6, 6.07) is 11.4. The molecular weight excluding hydrogens is 300 g/mol. The van der Waals surface area contributed by atoms with E-state index in [-0.39, 0.29) is 11.7 Å². The minimum Gasteiger partial charge on any atom is -0.377 e. The van der Waals surface area contributed by atoms with Crippen LogP contribution in [-0.4, -0.2) is 32.3 Å². The van der Waals surface area contributed by atoms with Gasteiger partial charge in [-0.25, -0.2) is 0 Å². The van der Waals surface area contributed by atoms with Crippen LogP contribution in [0.25, 0.3) is 0 Å². The maximum Gasteiger partial charge on any atom is 0.258 e. The lowest BCUT2D eigenvalue weighted by molar-refractivity contribution is 0.0987. The highest BCUT2D eigenvalue weighted by Gasteiger charge is 2.26. The Labute approximate surface area is 142 Å². The van der Waals surface area contributed by atoms with Crippen molar-refractivity contribution in [2.24, 2.45) is 0 Å². The van der Waals surface area contributed by atoms with Gasteiger partial charge in [-0.3, -0.25) is 9.59 Å². The van der Waals surface area contributed by atoms with Gasteiger partial charge in [0.05, 0.1) is 0 Å². The smallest absolute Gasteiger partial charge is 0.258 e. The van der Waals surface area contributed by atoms with E-state index in [1.165, 1.54) is 0 Å². The normalized spacial score (nSPS) is 12.9. The van der Waals surface area contributed by atoms with Crippen LogP contribution in [0.5, 0.6) is 0 Å². The van der Waals surface area contributed by atoms with Gasteiger partial charge in [0.15, 0.2) is 5.78 Å². The predicted octanol–water partition coefficient (Wildman–Crippen LogP) is 3.47. The van der Waals surface area contributed by atoms with Crippen molar-refractivity contribution in [3.63, 3.8) is 0 Å². The summed E-state index contributed by atoms with van der Waals surface area (Å²) in [5.74, 6) is 0.0650. The average molecular weight is 322 g/mol. The number of hydrogen-bond acceptors (Lipinski definition) is 3. The second-order valence-electron chi connectivity index (χ2n) is 6.50. The summed E-state index contributed by atoms with van der Waals surface area (Å²) >= 11 is 0. The summed E-state index contributed by atoms with van der Waals surface area (Å²) in [6.07, 6.45) is 0.789. The van der Waals surface area contributed by atoms with Crippen molar-refractivity contribution < 1.29 is 9.59 Å². The predicted molar refractivity (Wildman–Crippen MR) is 97.3 cm³/mol. The molecule has 0 saturated heterocycles. The van der Waals surface area contributed by atoms with Crippen LogP contribution in [0.1, 0.15) is 38.8 Å². The number of nitrogens with zero attached hydrogens (tertiary/aromatic N) is 2. The van der Waals surface area contributed by atoms with Crippen molar-refractivity contribution in [2.45, 2.75) is 20.3 Å². The molecule has 0 unspecified atom stereocenters. The maximum atomic E-state index is 12.9. The van der Waals surface area contributed by atoms with E-state index in [1.54, 1.807) is 13.0 Å². The van der Waals surface area contributed by atoms with E-state index in [0.29, 0.717) is 17.7 Å². The van der Waals surface area contributed by atoms with Gasteiger partial charge >= 0.3 is 0 Å². The van der Waals surface area contributed by atoms with Gasteiger partial charge in [-0.15, -0.1) is 0 Å². The zero-order chi connectivity index (χ0) is 17.4. The van der Waals surface area contributed by atoms with E-state index < -0.39 is 0 Å². The van der Waals surface area contributed by atoms with Crippen molar-refractivity contribution >= 4 is 23.1 Å². The third-order valence-electron chi connectivity index (χ3n) is 4.55. The van der Waals surface area contributed by atoms with Crippen LogP contribution in [0.3, 0.4) is 0 Å². The standard InChI is InChI=1S/C20H22N2O2/c1-13-11-17(6-7-18(13)21(3)4)20(24)22-10-9-16-12-15(14(2)23)5-8-19(16)22/h5-8,11-12H,9-10H2,1-4H3. The quantitative estimate of drug-likeness (QED) is 0.813. The maximum absolute atomic E-state index is 12.9. The summed E-state index contributed by atoms with van der Waals surface area (Å²) in [5.41, 5.74) is 5.57. The molecule has 0 radical (unpaired) electrons. The van der Waals surface area contributed by atoms with Crippen LogP contribution >= 0.6 is 0 Å². The van der Waals surface area contributed by atoms with Crippen LogP contribution < -0.4 is 9.80 Å². The van der Waals surface area contributed by atoms with E-state index in [2.05, 4.69) is 0 Å². The fourth-order valence-corrected chi connectivity index (χ4v) is 3.28. The minimum atomic E-state index is 0.0118. The number of Topliss-reactive ketones (excluding diaryl/α,β-unsaturated/α-hetero) is 1. The first-order valence-corrected chi connectivity index (χ1v) is 8.12. The van der Waals surface area contributed by atoms with Gasteiger partial charge < -0.3 is 9.80 Å². The molecule has 0 fully saturated rings. The lowest BCUT2D eigenvalue weighted by atomic mass is 10.1. The molecule has 3 rings (SSSR count). The molecule has 0 N–H and O–H groups in total. The average Bonchev–Trinajstić information content (AvgIpc) is 2.96. The van der Waals surface area contributed by atoms with Crippen LogP contribution in [0.2, 0.25) is 0 Å². The third kappa shape index (κ3) is 2.80. The van der Waals surface area contributed by atoms with E-state index in [4.69, 9.17) is 0 Å². The number of rotatable bonds is 3. The number of carbonyl (C=O) groups excluding carboxylic acids is 2. The molecule has 2 aromatic carbocycles. The summed E-state index contributed by atoms with van der Waals surface area (Å²) in [4.78, 5) is 28.3. The fraction of sp³-hybridized carbons (Fsp3) is 0.300. The first-order chi connectivity index (χ1) is 11.4. The van der Waals surface area contributed by atoms with E-state index in [1.807, 2.05) is 61.2 Å². The lowest BCUT2D eigenvalue weighted by Crippen LogP contribution is -2.29. The molecular formula is C20H22N2O2. The van der Waals surface area contributed by atoms with Gasteiger partial charge in [0.25, 0.3) is 5.91 Å².